The van der Waals surface area contributed by atoms with E-state index in [-0.39, 0.29) is 6.61 Å². The molecular formula is C8H13NO3. The highest BCUT2D eigenvalue weighted by Gasteiger charge is 2.16. The van der Waals surface area contributed by atoms with Crippen LogP contribution in [0.25, 0.3) is 0 Å². The third-order valence-corrected chi connectivity index (χ3v) is 1.59. The minimum atomic E-state index is -0.642. The standard InChI is InChI=1S/C8H13NO3/c1-2-7-11-8(10)12-9-5-3-4-6-9/h2H,1,3-7H2. The van der Waals surface area contributed by atoms with Gasteiger partial charge in [-0.1, -0.05) is 12.7 Å². The molecule has 1 fully saturated rings. The maximum atomic E-state index is 10.8. The molecule has 0 aromatic rings. The summed E-state index contributed by atoms with van der Waals surface area (Å²) in [7, 11) is 0. The minimum absolute atomic E-state index is 0.201. The van der Waals surface area contributed by atoms with Crippen molar-refractivity contribution in [2.24, 2.45) is 0 Å². The van der Waals surface area contributed by atoms with Crippen molar-refractivity contribution in [3.05, 3.63) is 12.7 Å². The quantitative estimate of drug-likeness (QED) is 0.474. The van der Waals surface area contributed by atoms with Crippen LogP contribution in [0.3, 0.4) is 0 Å². The van der Waals surface area contributed by atoms with Gasteiger partial charge < -0.3 is 9.57 Å². The van der Waals surface area contributed by atoms with Gasteiger partial charge in [-0.3, -0.25) is 0 Å². The molecule has 1 heterocycles. The summed E-state index contributed by atoms with van der Waals surface area (Å²) in [6.45, 7) is 5.24. The lowest BCUT2D eigenvalue weighted by Crippen LogP contribution is -2.24. The van der Waals surface area contributed by atoms with Gasteiger partial charge in [0.2, 0.25) is 0 Å². The molecule has 0 aliphatic carbocycles. The van der Waals surface area contributed by atoms with E-state index in [0.29, 0.717) is 0 Å². The number of rotatable bonds is 3. The lowest BCUT2D eigenvalue weighted by molar-refractivity contribution is -0.110. The molecule has 0 radical (unpaired) electrons. The van der Waals surface area contributed by atoms with Crippen molar-refractivity contribution in [1.29, 1.82) is 0 Å². The molecule has 0 saturated carbocycles. The molecule has 12 heavy (non-hydrogen) atoms. The number of carbonyl (C=O) groups is 1. The Balaban J connectivity index is 2.11. The molecule has 1 aliphatic rings. The summed E-state index contributed by atoms with van der Waals surface area (Å²) in [5.74, 6) is 0. The topological polar surface area (TPSA) is 38.8 Å². The number of hydroxylamine groups is 2. The summed E-state index contributed by atoms with van der Waals surface area (Å²) >= 11 is 0. The lowest BCUT2D eigenvalue weighted by Gasteiger charge is -2.12. The van der Waals surface area contributed by atoms with Crippen LogP contribution in [0.1, 0.15) is 12.8 Å². The van der Waals surface area contributed by atoms with Crippen LogP contribution in [-0.2, 0) is 9.57 Å². The third-order valence-electron chi connectivity index (χ3n) is 1.59. The van der Waals surface area contributed by atoms with E-state index in [1.165, 1.54) is 6.08 Å². The number of ether oxygens (including phenoxy) is 1. The molecule has 1 rings (SSSR count). The summed E-state index contributed by atoms with van der Waals surface area (Å²) in [5.41, 5.74) is 0. The molecule has 0 spiro atoms. The summed E-state index contributed by atoms with van der Waals surface area (Å²) in [6.07, 6.45) is 3.02. The first kappa shape index (κ1) is 9.06. The molecule has 0 unspecified atom stereocenters. The molecular weight excluding hydrogens is 158 g/mol. The van der Waals surface area contributed by atoms with Crippen molar-refractivity contribution in [2.45, 2.75) is 12.8 Å². The van der Waals surface area contributed by atoms with E-state index in [9.17, 15) is 4.79 Å². The average Bonchev–Trinajstić information content (AvgIpc) is 2.53. The summed E-state index contributed by atoms with van der Waals surface area (Å²) in [6, 6.07) is 0. The van der Waals surface area contributed by atoms with Crippen LogP contribution in [0.2, 0.25) is 0 Å². The van der Waals surface area contributed by atoms with E-state index in [1.54, 1.807) is 5.06 Å². The Labute approximate surface area is 71.7 Å². The van der Waals surface area contributed by atoms with Crippen molar-refractivity contribution >= 4 is 6.16 Å². The van der Waals surface area contributed by atoms with E-state index >= 15 is 0 Å². The van der Waals surface area contributed by atoms with Crippen LogP contribution in [0.5, 0.6) is 0 Å². The summed E-state index contributed by atoms with van der Waals surface area (Å²) in [5, 5.41) is 1.62. The highest BCUT2D eigenvalue weighted by Crippen LogP contribution is 2.07. The highest BCUT2D eigenvalue weighted by molar-refractivity contribution is 5.59. The fourth-order valence-electron chi connectivity index (χ4n) is 1.04. The van der Waals surface area contributed by atoms with E-state index in [1.807, 2.05) is 0 Å². The normalized spacial score (nSPS) is 17.3. The molecule has 0 atom stereocenters. The van der Waals surface area contributed by atoms with Gasteiger partial charge in [0, 0.05) is 13.1 Å². The number of carbonyl (C=O) groups excluding carboxylic acids is 1. The van der Waals surface area contributed by atoms with Gasteiger partial charge in [0.05, 0.1) is 0 Å². The van der Waals surface area contributed by atoms with Gasteiger partial charge >= 0.3 is 6.16 Å². The number of hydrogen-bond donors (Lipinski definition) is 0. The molecule has 4 heteroatoms. The number of nitrogens with zero attached hydrogens (tertiary/aromatic N) is 1. The van der Waals surface area contributed by atoms with E-state index < -0.39 is 6.16 Å². The lowest BCUT2D eigenvalue weighted by atomic mass is 10.4. The van der Waals surface area contributed by atoms with Crippen LogP contribution >= 0.6 is 0 Å². The predicted molar refractivity (Wildman–Crippen MR) is 43.4 cm³/mol. The maximum absolute atomic E-state index is 10.8. The van der Waals surface area contributed by atoms with Crippen LogP contribution < -0.4 is 0 Å². The van der Waals surface area contributed by atoms with Crippen LogP contribution in [0.15, 0.2) is 12.7 Å². The van der Waals surface area contributed by atoms with Crippen molar-refractivity contribution in [3.63, 3.8) is 0 Å². The Morgan fingerprint density at radius 1 is 1.50 bits per heavy atom. The van der Waals surface area contributed by atoms with Crippen molar-refractivity contribution in [2.75, 3.05) is 19.7 Å². The van der Waals surface area contributed by atoms with Gasteiger partial charge in [-0.25, -0.2) is 4.79 Å². The molecule has 4 nitrogen and oxygen atoms in total. The molecule has 1 saturated heterocycles. The van der Waals surface area contributed by atoms with Gasteiger partial charge in [0.25, 0.3) is 0 Å². The smallest absolute Gasteiger partial charge is 0.429 e. The SMILES string of the molecule is C=CCOC(=O)ON1CCCC1. The largest absolute Gasteiger partial charge is 0.528 e. The van der Waals surface area contributed by atoms with E-state index in [0.717, 1.165) is 25.9 Å². The van der Waals surface area contributed by atoms with E-state index in [2.05, 4.69) is 11.3 Å². The summed E-state index contributed by atoms with van der Waals surface area (Å²) < 4.78 is 4.63. The van der Waals surface area contributed by atoms with Crippen LogP contribution in [0, 0.1) is 0 Å². The third kappa shape index (κ3) is 2.92. The first-order chi connectivity index (χ1) is 5.83. The minimum Gasteiger partial charge on any atom is -0.429 e. The zero-order valence-electron chi connectivity index (χ0n) is 6.99. The predicted octanol–water partition coefficient (Wildman–Crippen LogP) is 1.34. The van der Waals surface area contributed by atoms with Gasteiger partial charge in [-0.15, -0.1) is 5.06 Å². The first-order valence-corrected chi connectivity index (χ1v) is 4.03. The Bertz CT molecular complexity index is 164. The maximum Gasteiger partial charge on any atom is 0.528 e. The molecule has 0 aromatic heterocycles. The van der Waals surface area contributed by atoms with Crippen LogP contribution in [-0.4, -0.2) is 30.9 Å². The second-order valence-corrected chi connectivity index (χ2v) is 2.58. The zero-order valence-corrected chi connectivity index (χ0v) is 6.99. The number of hydrogen-bond acceptors (Lipinski definition) is 4. The van der Waals surface area contributed by atoms with Gasteiger partial charge in [0.15, 0.2) is 0 Å². The van der Waals surface area contributed by atoms with Crippen molar-refractivity contribution in [3.8, 4) is 0 Å². The monoisotopic (exact) mass is 171 g/mol. The second kappa shape index (κ2) is 4.77. The fraction of sp³-hybridized carbons (Fsp3) is 0.625. The average molecular weight is 171 g/mol. The van der Waals surface area contributed by atoms with E-state index in [4.69, 9.17) is 4.84 Å². The van der Waals surface area contributed by atoms with Crippen molar-refractivity contribution in [1.82, 2.24) is 5.06 Å². The first-order valence-electron chi connectivity index (χ1n) is 4.03. The molecule has 68 valence electrons. The molecule has 0 aromatic carbocycles. The Hall–Kier alpha value is -1.03. The van der Waals surface area contributed by atoms with Crippen LogP contribution in [0.4, 0.5) is 4.79 Å². The second-order valence-electron chi connectivity index (χ2n) is 2.58. The van der Waals surface area contributed by atoms with Crippen molar-refractivity contribution < 1.29 is 14.4 Å². The van der Waals surface area contributed by atoms with Gasteiger partial charge in [-0.2, -0.15) is 0 Å². The Morgan fingerprint density at radius 2 is 2.17 bits per heavy atom. The van der Waals surface area contributed by atoms with Gasteiger partial charge in [-0.05, 0) is 12.8 Å². The fourth-order valence-corrected chi connectivity index (χ4v) is 1.04. The molecule has 0 bridgehead atoms. The Kier molecular flexibility index (Phi) is 3.60. The van der Waals surface area contributed by atoms with Gasteiger partial charge in [0.1, 0.15) is 6.61 Å². The Morgan fingerprint density at radius 3 is 2.75 bits per heavy atom. The molecule has 0 N–H and O–H groups in total. The zero-order chi connectivity index (χ0) is 8.81. The highest BCUT2D eigenvalue weighted by atomic mass is 16.8. The molecule has 0 amide bonds. The molecule has 1 aliphatic heterocycles. The summed E-state index contributed by atoms with van der Waals surface area (Å²) in [4.78, 5) is 15.7.